The van der Waals surface area contributed by atoms with Crippen LogP contribution in [-0.2, 0) is 19.1 Å². The van der Waals surface area contributed by atoms with Crippen LogP contribution in [0.2, 0.25) is 0 Å². The molecule has 0 heterocycles. The Labute approximate surface area is 83.6 Å². The predicted octanol–water partition coefficient (Wildman–Crippen LogP) is 1.28. The molecule has 1 fully saturated rings. The number of hydrogen-bond donors (Lipinski definition) is 0. The van der Waals surface area contributed by atoms with Gasteiger partial charge in [-0.3, -0.25) is 4.79 Å². The van der Waals surface area contributed by atoms with Crippen LogP contribution < -0.4 is 0 Å². The third-order valence-corrected chi connectivity index (χ3v) is 2.33. The molecule has 0 radical (unpaired) electrons. The number of rotatable bonds is 4. The molecule has 0 unspecified atom stereocenters. The van der Waals surface area contributed by atoms with Crippen LogP contribution in [0.25, 0.3) is 0 Å². The van der Waals surface area contributed by atoms with Gasteiger partial charge in [-0.2, -0.15) is 0 Å². The normalized spacial score (nSPS) is 16.2. The molecule has 0 spiro atoms. The van der Waals surface area contributed by atoms with E-state index in [4.69, 9.17) is 4.74 Å². The van der Waals surface area contributed by atoms with Crippen LogP contribution in [0.3, 0.4) is 0 Å². The van der Waals surface area contributed by atoms with Crippen LogP contribution in [0.1, 0.15) is 33.6 Å². The second kappa shape index (κ2) is 3.98. The van der Waals surface area contributed by atoms with E-state index in [1.54, 1.807) is 0 Å². The van der Waals surface area contributed by atoms with Crippen molar-refractivity contribution in [3.63, 3.8) is 0 Å². The molecule has 0 aromatic heterocycles. The van der Waals surface area contributed by atoms with E-state index in [-0.39, 0.29) is 6.61 Å². The van der Waals surface area contributed by atoms with Gasteiger partial charge >= 0.3 is 11.9 Å². The van der Waals surface area contributed by atoms with E-state index >= 15 is 0 Å². The van der Waals surface area contributed by atoms with Crippen molar-refractivity contribution in [3.8, 4) is 0 Å². The highest BCUT2D eigenvalue weighted by atomic mass is 16.6. The summed E-state index contributed by atoms with van der Waals surface area (Å²) in [5.41, 5.74) is -0.419. The highest BCUT2D eigenvalue weighted by Gasteiger charge is 2.40. The van der Waals surface area contributed by atoms with Crippen molar-refractivity contribution in [2.45, 2.75) is 39.2 Å². The summed E-state index contributed by atoms with van der Waals surface area (Å²) in [5, 5.41) is 0. The summed E-state index contributed by atoms with van der Waals surface area (Å²) >= 11 is 0. The van der Waals surface area contributed by atoms with Crippen molar-refractivity contribution < 1.29 is 19.1 Å². The first kappa shape index (κ1) is 11.0. The number of hydrogen-bond acceptors (Lipinski definition) is 4. The van der Waals surface area contributed by atoms with Crippen LogP contribution >= 0.6 is 0 Å². The van der Waals surface area contributed by atoms with Crippen LogP contribution in [0.5, 0.6) is 0 Å². The van der Waals surface area contributed by atoms with E-state index in [0.717, 1.165) is 12.8 Å². The Morgan fingerprint density at radius 2 is 1.93 bits per heavy atom. The Morgan fingerprint density at radius 1 is 1.36 bits per heavy atom. The van der Waals surface area contributed by atoms with Gasteiger partial charge in [-0.15, -0.1) is 0 Å². The standard InChI is InChI=1S/C10H16O4/c1-7(11)13-6-9(12)14-10(2,3)8-4-5-8/h8H,4-6H2,1-3H3. The molecular weight excluding hydrogens is 184 g/mol. The van der Waals surface area contributed by atoms with E-state index in [1.807, 2.05) is 13.8 Å². The largest absolute Gasteiger partial charge is 0.457 e. The van der Waals surface area contributed by atoms with Crippen LogP contribution in [-0.4, -0.2) is 24.1 Å². The lowest BCUT2D eigenvalue weighted by Gasteiger charge is -2.24. The molecule has 4 nitrogen and oxygen atoms in total. The molecule has 1 aliphatic rings. The zero-order chi connectivity index (χ0) is 10.8. The first-order valence-electron chi connectivity index (χ1n) is 4.77. The fraction of sp³-hybridized carbons (Fsp3) is 0.800. The Bertz CT molecular complexity index is 241. The molecular formula is C10H16O4. The summed E-state index contributed by atoms with van der Waals surface area (Å²) in [5.74, 6) is -0.480. The lowest BCUT2D eigenvalue weighted by atomic mass is 10.0. The lowest BCUT2D eigenvalue weighted by molar-refractivity contribution is -0.168. The fourth-order valence-corrected chi connectivity index (χ4v) is 1.35. The van der Waals surface area contributed by atoms with Gasteiger partial charge in [0.15, 0.2) is 6.61 Å². The molecule has 0 aromatic carbocycles. The number of carbonyl (C=O) groups is 2. The SMILES string of the molecule is CC(=O)OCC(=O)OC(C)(C)C1CC1. The maximum absolute atomic E-state index is 11.2. The van der Waals surface area contributed by atoms with Gasteiger partial charge in [-0.05, 0) is 32.6 Å². The maximum Gasteiger partial charge on any atom is 0.344 e. The van der Waals surface area contributed by atoms with Gasteiger partial charge in [0, 0.05) is 6.92 Å². The number of esters is 2. The zero-order valence-electron chi connectivity index (χ0n) is 8.83. The Morgan fingerprint density at radius 3 is 2.36 bits per heavy atom. The van der Waals surface area contributed by atoms with Crippen molar-refractivity contribution in [2.75, 3.05) is 6.61 Å². The Balaban J connectivity index is 2.28. The van der Waals surface area contributed by atoms with Crippen molar-refractivity contribution in [3.05, 3.63) is 0 Å². The van der Waals surface area contributed by atoms with Crippen molar-refractivity contribution in [1.82, 2.24) is 0 Å². The van der Waals surface area contributed by atoms with Gasteiger partial charge in [-0.1, -0.05) is 0 Å². The monoisotopic (exact) mass is 200 g/mol. The first-order valence-corrected chi connectivity index (χ1v) is 4.77. The van der Waals surface area contributed by atoms with Crippen LogP contribution in [0, 0.1) is 5.92 Å². The molecule has 0 N–H and O–H groups in total. The van der Waals surface area contributed by atoms with E-state index in [2.05, 4.69) is 4.74 Å². The minimum atomic E-state index is -0.475. The summed E-state index contributed by atoms with van der Waals surface area (Å²) in [7, 11) is 0. The van der Waals surface area contributed by atoms with E-state index in [9.17, 15) is 9.59 Å². The van der Waals surface area contributed by atoms with E-state index in [0.29, 0.717) is 5.92 Å². The zero-order valence-corrected chi connectivity index (χ0v) is 8.83. The van der Waals surface area contributed by atoms with Gasteiger partial charge < -0.3 is 9.47 Å². The molecule has 4 heteroatoms. The number of ether oxygens (including phenoxy) is 2. The van der Waals surface area contributed by atoms with Gasteiger partial charge in [0.05, 0.1) is 0 Å². The molecule has 1 saturated carbocycles. The predicted molar refractivity (Wildman–Crippen MR) is 49.5 cm³/mol. The smallest absolute Gasteiger partial charge is 0.344 e. The molecule has 0 atom stereocenters. The van der Waals surface area contributed by atoms with Crippen molar-refractivity contribution in [2.24, 2.45) is 5.92 Å². The van der Waals surface area contributed by atoms with Gasteiger partial charge in [0.2, 0.25) is 0 Å². The summed E-state index contributed by atoms with van der Waals surface area (Å²) in [6.45, 7) is 4.75. The topological polar surface area (TPSA) is 52.6 Å². The molecule has 0 bridgehead atoms. The van der Waals surface area contributed by atoms with E-state index in [1.165, 1.54) is 6.92 Å². The molecule has 0 saturated heterocycles. The highest BCUT2D eigenvalue weighted by Crippen LogP contribution is 2.41. The third-order valence-electron chi connectivity index (χ3n) is 2.33. The van der Waals surface area contributed by atoms with Crippen molar-refractivity contribution in [1.29, 1.82) is 0 Å². The van der Waals surface area contributed by atoms with Gasteiger partial charge in [0.25, 0.3) is 0 Å². The molecule has 0 amide bonds. The van der Waals surface area contributed by atoms with Gasteiger partial charge in [0.1, 0.15) is 5.60 Å². The summed E-state index contributed by atoms with van der Waals surface area (Å²) in [6, 6.07) is 0. The molecule has 1 aliphatic carbocycles. The summed E-state index contributed by atoms with van der Waals surface area (Å²) < 4.78 is 9.73. The first-order chi connectivity index (χ1) is 6.42. The molecule has 14 heavy (non-hydrogen) atoms. The minimum absolute atomic E-state index is 0.286. The van der Waals surface area contributed by atoms with Crippen LogP contribution in [0.4, 0.5) is 0 Å². The molecule has 0 aromatic rings. The minimum Gasteiger partial charge on any atom is -0.457 e. The maximum atomic E-state index is 11.2. The molecule has 0 aliphatic heterocycles. The lowest BCUT2D eigenvalue weighted by Crippen LogP contribution is -2.32. The third kappa shape index (κ3) is 3.36. The van der Waals surface area contributed by atoms with Crippen molar-refractivity contribution >= 4 is 11.9 Å². The fourth-order valence-electron chi connectivity index (χ4n) is 1.35. The summed E-state index contributed by atoms with van der Waals surface area (Å²) in [6.07, 6.45) is 2.21. The average Bonchev–Trinajstić information content (AvgIpc) is 2.81. The van der Waals surface area contributed by atoms with Crippen LogP contribution in [0.15, 0.2) is 0 Å². The number of carbonyl (C=O) groups excluding carboxylic acids is 2. The van der Waals surface area contributed by atoms with E-state index < -0.39 is 17.5 Å². The Hall–Kier alpha value is -1.06. The summed E-state index contributed by atoms with van der Waals surface area (Å²) in [4.78, 5) is 21.6. The Kier molecular flexibility index (Phi) is 3.13. The second-order valence-electron chi connectivity index (χ2n) is 4.13. The quantitative estimate of drug-likeness (QED) is 0.641. The second-order valence-corrected chi connectivity index (χ2v) is 4.13. The highest BCUT2D eigenvalue weighted by molar-refractivity contribution is 5.75. The molecule has 1 rings (SSSR count). The molecule has 80 valence electrons. The van der Waals surface area contributed by atoms with Gasteiger partial charge in [-0.25, -0.2) is 4.79 Å². The average molecular weight is 200 g/mol.